The Kier molecular flexibility index (Phi) is 4.99. The summed E-state index contributed by atoms with van der Waals surface area (Å²) in [5.74, 6) is 2.00. The molecule has 5 aliphatic rings. The number of carbonyl (C=O) groups is 2. The molecule has 32 heavy (non-hydrogen) atoms. The summed E-state index contributed by atoms with van der Waals surface area (Å²) in [6.07, 6.45) is 4.97. The first kappa shape index (κ1) is 20.2. The lowest BCUT2D eigenvalue weighted by atomic mass is 10.0. The lowest BCUT2D eigenvalue weighted by molar-refractivity contribution is -0.126. The number of benzene rings is 1. The summed E-state index contributed by atoms with van der Waals surface area (Å²) in [6, 6.07) is 5.84. The van der Waals surface area contributed by atoms with E-state index in [1.54, 1.807) is 4.90 Å². The van der Waals surface area contributed by atoms with Gasteiger partial charge >= 0.3 is 0 Å². The maximum absolute atomic E-state index is 13.0. The molecule has 170 valence electrons. The van der Waals surface area contributed by atoms with Crippen molar-refractivity contribution in [1.29, 1.82) is 0 Å². The van der Waals surface area contributed by atoms with Crippen molar-refractivity contribution in [2.75, 3.05) is 26.3 Å². The van der Waals surface area contributed by atoms with Gasteiger partial charge in [-0.05, 0) is 55.9 Å². The molecule has 6 rings (SSSR count). The minimum atomic E-state index is -0.428. The Morgan fingerprint density at radius 2 is 1.91 bits per heavy atom. The second kappa shape index (κ2) is 7.89. The van der Waals surface area contributed by atoms with Crippen LogP contribution in [0.4, 0.5) is 0 Å². The van der Waals surface area contributed by atoms with Gasteiger partial charge in [0, 0.05) is 48.8 Å². The van der Waals surface area contributed by atoms with Gasteiger partial charge in [-0.2, -0.15) is 0 Å². The number of fused-ring (bicyclic) bond motifs is 2. The summed E-state index contributed by atoms with van der Waals surface area (Å²) in [5, 5.41) is 2.79. The standard InChI is InChI=1S/C25H31N3O4/c1-15-5-8-22(24(29)26-15)28-12-16-9-19(6-7-20(16)25(28)30)32-23-4-2-3-21(23)27-10-17-13-31-14-18(17)11-27/h6-7,9,17-18,21-23H,1-5,8,10-14H2,(H,26,29)/t17-,18+,21-,22?,23-/m1/s1. The Hall–Kier alpha value is -2.38. The van der Waals surface area contributed by atoms with Crippen molar-refractivity contribution < 1.29 is 19.1 Å². The number of ether oxygens (including phenoxy) is 2. The summed E-state index contributed by atoms with van der Waals surface area (Å²) >= 11 is 0. The zero-order valence-corrected chi connectivity index (χ0v) is 18.4. The molecular formula is C25H31N3O4. The van der Waals surface area contributed by atoms with Crippen molar-refractivity contribution in [2.45, 2.75) is 56.8 Å². The van der Waals surface area contributed by atoms with Gasteiger partial charge in [0.25, 0.3) is 5.91 Å². The number of rotatable bonds is 4. The van der Waals surface area contributed by atoms with Crippen LogP contribution in [0.25, 0.3) is 0 Å². The van der Waals surface area contributed by atoms with Crippen LogP contribution in [-0.4, -0.2) is 66.1 Å². The topological polar surface area (TPSA) is 71.1 Å². The Morgan fingerprint density at radius 3 is 2.69 bits per heavy atom. The molecule has 4 aliphatic heterocycles. The third kappa shape index (κ3) is 3.42. The van der Waals surface area contributed by atoms with Crippen LogP contribution in [-0.2, 0) is 16.1 Å². The van der Waals surface area contributed by atoms with E-state index in [4.69, 9.17) is 9.47 Å². The maximum atomic E-state index is 13.0. The quantitative estimate of drug-likeness (QED) is 0.783. The fourth-order valence-corrected chi connectivity index (χ4v) is 6.33. The van der Waals surface area contributed by atoms with Gasteiger partial charge in [-0.1, -0.05) is 6.58 Å². The number of nitrogens with zero attached hydrogens (tertiary/aromatic N) is 2. The normalized spacial score (nSPS) is 34.7. The first-order valence-corrected chi connectivity index (χ1v) is 12.0. The van der Waals surface area contributed by atoms with Crippen LogP contribution in [0.5, 0.6) is 5.75 Å². The van der Waals surface area contributed by atoms with E-state index < -0.39 is 6.04 Å². The summed E-state index contributed by atoms with van der Waals surface area (Å²) in [6.45, 7) is 8.35. The van der Waals surface area contributed by atoms with Gasteiger partial charge in [0.05, 0.1) is 13.2 Å². The molecule has 7 heteroatoms. The SMILES string of the molecule is C=C1CCC(N2Cc3cc(O[C@@H]4CCC[C@H]4N4C[C@H]5COC[C@H]5C4)ccc3C2=O)C(=O)N1. The number of hydrogen-bond donors (Lipinski definition) is 1. The van der Waals surface area contributed by atoms with Gasteiger partial charge in [-0.15, -0.1) is 0 Å². The molecule has 1 aromatic rings. The predicted octanol–water partition coefficient (Wildman–Crippen LogP) is 2.31. The molecule has 0 radical (unpaired) electrons. The van der Waals surface area contributed by atoms with E-state index in [-0.39, 0.29) is 17.9 Å². The second-order valence-corrected chi connectivity index (χ2v) is 10.1. The molecule has 1 N–H and O–H groups in total. The van der Waals surface area contributed by atoms with Gasteiger partial charge < -0.3 is 19.7 Å². The minimum absolute atomic E-state index is 0.0659. The molecule has 5 atom stereocenters. The van der Waals surface area contributed by atoms with Crippen LogP contribution < -0.4 is 10.1 Å². The van der Waals surface area contributed by atoms with Crippen molar-refractivity contribution in [3.8, 4) is 5.75 Å². The van der Waals surface area contributed by atoms with Gasteiger partial charge in [-0.3, -0.25) is 14.5 Å². The number of amides is 2. The third-order valence-corrected chi connectivity index (χ3v) is 8.05. The predicted molar refractivity (Wildman–Crippen MR) is 118 cm³/mol. The number of carbonyl (C=O) groups excluding carboxylic acids is 2. The van der Waals surface area contributed by atoms with Crippen LogP contribution in [0.2, 0.25) is 0 Å². The lowest BCUT2D eigenvalue weighted by Gasteiger charge is -2.31. The van der Waals surface area contributed by atoms with E-state index >= 15 is 0 Å². The van der Waals surface area contributed by atoms with E-state index in [2.05, 4.69) is 16.8 Å². The molecule has 2 amide bonds. The molecule has 0 aromatic heterocycles. The third-order valence-electron chi connectivity index (χ3n) is 8.05. The average molecular weight is 438 g/mol. The van der Waals surface area contributed by atoms with Crippen molar-refractivity contribution in [1.82, 2.24) is 15.1 Å². The fraction of sp³-hybridized carbons (Fsp3) is 0.600. The van der Waals surface area contributed by atoms with Gasteiger partial charge in [0.15, 0.2) is 0 Å². The number of nitrogens with one attached hydrogen (secondary N) is 1. The Bertz CT molecular complexity index is 951. The number of hydrogen-bond acceptors (Lipinski definition) is 5. The summed E-state index contributed by atoms with van der Waals surface area (Å²) in [4.78, 5) is 29.7. The molecule has 4 fully saturated rings. The Morgan fingerprint density at radius 1 is 1.09 bits per heavy atom. The van der Waals surface area contributed by atoms with Gasteiger partial charge in [0.1, 0.15) is 17.9 Å². The van der Waals surface area contributed by atoms with E-state index in [0.29, 0.717) is 42.8 Å². The molecule has 3 saturated heterocycles. The highest BCUT2D eigenvalue weighted by molar-refractivity contribution is 6.01. The van der Waals surface area contributed by atoms with Crippen LogP contribution in [0.3, 0.4) is 0 Å². The molecule has 4 heterocycles. The molecule has 0 spiro atoms. The summed E-state index contributed by atoms with van der Waals surface area (Å²) in [7, 11) is 0. The summed E-state index contributed by atoms with van der Waals surface area (Å²) < 4.78 is 12.1. The lowest BCUT2D eigenvalue weighted by Crippen LogP contribution is -2.49. The van der Waals surface area contributed by atoms with Crippen molar-refractivity contribution in [2.24, 2.45) is 11.8 Å². The Balaban J connectivity index is 1.14. The van der Waals surface area contributed by atoms with Crippen LogP contribution in [0, 0.1) is 11.8 Å². The van der Waals surface area contributed by atoms with E-state index in [0.717, 1.165) is 49.7 Å². The number of likely N-dealkylation sites (tertiary alicyclic amines) is 1. The number of piperidine rings is 1. The van der Waals surface area contributed by atoms with E-state index in [1.807, 2.05) is 18.2 Å². The van der Waals surface area contributed by atoms with Gasteiger partial charge in [-0.25, -0.2) is 0 Å². The van der Waals surface area contributed by atoms with Crippen LogP contribution in [0.15, 0.2) is 30.5 Å². The van der Waals surface area contributed by atoms with E-state index in [1.165, 1.54) is 12.8 Å². The van der Waals surface area contributed by atoms with Crippen LogP contribution >= 0.6 is 0 Å². The van der Waals surface area contributed by atoms with Crippen LogP contribution in [0.1, 0.15) is 48.0 Å². The summed E-state index contributed by atoms with van der Waals surface area (Å²) in [5.41, 5.74) is 2.36. The Labute approximate surface area is 188 Å². The molecule has 1 aromatic carbocycles. The molecule has 7 nitrogen and oxygen atoms in total. The zero-order chi connectivity index (χ0) is 21.8. The highest BCUT2D eigenvalue weighted by atomic mass is 16.5. The number of allylic oxidation sites excluding steroid dienone is 1. The minimum Gasteiger partial charge on any atom is -0.489 e. The highest BCUT2D eigenvalue weighted by Crippen LogP contribution is 2.37. The molecular weight excluding hydrogens is 406 g/mol. The smallest absolute Gasteiger partial charge is 0.255 e. The molecule has 1 saturated carbocycles. The monoisotopic (exact) mass is 437 g/mol. The molecule has 1 aliphatic carbocycles. The molecule has 1 unspecified atom stereocenters. The zero-order valence-electron chi connectivity index (χ0n) is 18.4. The fourth-order valence-electron chi connectivity index (χ4n) is 6.33. The van der Waals surface area contributed by atoms with Crippen molar-refractivity contribution in [3.05, 3.63) is 41.6 Å². The highest BCUT2D eigenvalue weighted by Gasteiger charge is 2.44. The second-order valence-electron chi connectivity index (χ2n) is 10.1. The first-order valence-electron chi connectivity index (χ1n) is 12.0. The maximum Gasteiger partial charge on any atom is 0.255 e. The first-order chi connectivity index (χ1) is 15.6. The van der Waals surface area contributed by atoms with Gasteiger partial charge in [0.2, 0.25) is 5.91 Å². The van der Waals surface area contributed by atoms with Crippen molar-refractivity contribution >= 4 is 11.8 Å². The average Bonchev–Trinajstić information content (AvgIpc) is 3.52. The van der Waals surface area contributed by atoms with E-state index in [9.17, 15) is 9.59 Å². The largest absolute Gasteiger partial charge is 0.489 e. The van der Waals surface area contributed by atoms with Crippen molar-refractivity contribution in [3.63, 3.8) is 0 Å². The molecule has 0 bridgehead atoms.